The van der Waals surface area contributed by atoms with Gasteiger partial charge in [0.1, 0.15) is 5.82 Å². The smallest absolute Gasteiger partial charge is 0.159 e. The molecule has 0 aliphatic rings. The van der Waals surface area contributed by atoms with Gasteiger partial charge >= 0.3 is 0 Å². The molecule has 0 fully saturated rings. The minimum Gasteiger partial charge on any atom is -0.367 e. The largest absolute Gasteiger partial charge is 0.367 e. The van der Waals surface area contributed by atoms with Gasteiger partial charge in [-0.2, -0.15) is 0 Å². The van der Waals surface area contributed by atoms with E-state index >= 15 is 0 Å². The zero-order valence-electron chi connectivity index (χ0n) is 10.2. The molecule has 0 aromatic heterocycles. The van der Waals surface area contributed by atoms with Crippen LogP contribution in [0.1, 0.15) is 38.1 Å². The third kappa shape index (κ3) is 2.60. The second kappa shape index (κ2) is 5.10. The highest BCUT2D eigenvalue weighted by Crippen LogP contribution is 2.22. The predicted molar refractivity (Wildman–Crippen MR) is 64.6 cm³/mol. The fourth-order valence-corrected chi connectivity index (χ4v) is 1.77. The van der Waals surface area contributed by atoms with Crippen molar-refractivity contribution in [2.24, 2.45) is 0 Å². The summed E-state index contributed by atoms with van der Waals surface area (Å²) < 4.78 is 13.8. The van der Waals surface area contributed by atoms with Crippen LogP contribution in [-0.2, 0) is 0 Å². The van der Waals surface area contributed by atoms with Crippen molar-refractivity contribution in [1.29, 1.82) is 0 Å². The SMILES string of the molecule is CCN(c1ccc(C(C)=O)cc1F)C(C)C. The second-order valence-electron chi connectivity index (χ2n) is 4.10. The van der Waals surface area contributed by atoms with Crippen LogP contribution in [0.4, 0.5) is 10.1 Å². The molecular formula is C13H18FNO. The Balaban J connectivity index is 3.11. The van der Waals surface area contributed by atoms with Gasteiger partial charge in [-0.25, -0.2) is 4.39 Å². The van der Waals surface area contributed by atoms with Gasteiger partial charge in [-0.15, -0.1) is 0 Å². The van der Waals surface area contributed by atoms with Crippen molar-refractivity contribution >= 4 is 11.5 Å². The van der Waals surface area contributed by atoms with Crippen molar-refractivity contribution in [1.82, 2.24) is 0 Å². The molecule has 0 spiro atoms. The zero-order valence-corrected chi connectivity index (χ0v) is 10.2. The van der Waals surface area contributed by atoms with Crippen molar-refractivity contribution < 1.29 is 9.18 Å². The van der Waals surface area contributed by atoms with Crippen LogP contribution >= 0.6 is 0 Å². The Kier molecular flexibility index (Phi) is 4.05. The highest BCUT2D eigenvalue weighted by molar-refractivity contribution is 5.94. The molecule has 88 valence electrons. The van der Waals surface area contributed by atoms with E-state index in [4.69, 9.17) is 0 Å². The van der Waals surface area contributed by atoms with Crippen molar-refractivity contribution in [3.8, 4) is 0 Å². The standard InChI is InChI=1S/C13H18FNO/c1-5-15(9(2)3)13-7-6-11(10(4)16)8-12(13)14/h6-9H,5H2,1-4H3. The first kappa shape index (κ1) is 12.7. The average Bonchev–Trinajstić information content (AvgIpc) is 2.20. The molecule has 0 aliphatic carbocycles. The van der Waals surface area contributed by atoms with Gasteiger partial charge < -0.3 is 4.90 Å². The Labute approximate surface area is 96.1 Å². The minimum atomic E-state index is -0.330. The van der Waals surface area contributed by atoms with E-state index in [9.17, 15) is 9.18 Å². The molecule has 0 saturated carbocycles. The van der Waals surface area contributed by atoms with Gasteiger partial charge in [-0.3, -0.25) is 4.79 Å². The zero-order chi connectivity index (χ0) is 12.3. The predicted octanol–water partition coefficient (Wildman–Crippen LogP) is 3.26. The lowest BCUT2D eigenvalue weighted by Crippen LogP contribution is -2.31. The van der Waals surface area contributed by atoms with Gasteiger partial charge in [-0.1, -0.05) is 0 Å². The first-order chi connectivity index (χ1) is 7.47. The van der Waals surface area contributed by atoms with E-state index in [0.29, 0.717) is 11.3 Å². The van der Waals surface area contributed by atoms with Crippen molar-refractivity contribution in [3.05, 3.63) is 29.6 Å². The molecule has 0 atom stereocenters. The van der Waals surface area contributed by atoms with Crippen molar-refractivity contribution in [2.45, 2.75) is 33.7 Å². The minimum absolute atomic E-state index is 0.113. The summed E-state index contributed by atoms with van der Waals surface area (Å²) in [7, 11) is 0. The topological polar surface area (TPSA) is 20.3 Å². The Hall–Kier alpha value is -1.38. The first-order valence-corrected chi connectivity index (χ1v) is 5.54. The normalized spacial score (nSPS) is 10.6. The number of ketones is 1. The summed E-state index contributed by atoms with van der Waals surface area (Å²) >= 11 is 0. The number of halogens is 1. The number of hydrogen-bond donors (Lipinski definition) is 0. The van der Waals surface area contributed by atoms with E-state index in [0.717, 1.165) is 6.54 Å². The number of carbonyl (C=O) groups is 1. The van der Waals surface area contributed by atoms with Gasteiger partial charge in [0.2, 0.25) is 0 Å². The molecule has 3 heteroatoms. The molecule has 0 unspecified atom stereocenters. The van der Waals surface area contributed by atoms with Crippen LogP contribution < -0.4 is 4.90 Å². The van der Waals surface area contributed by atoms with Crippen LogP contribution in [0, 0.1) is 5.82 Å². The molecule has 16 heavy (non-hydrogen) atoms. The summed E-state index contributed by atoms with van der Waals surface area (Å²) in [4.78, 5) is 13.1. The quantitative estimate of drug-likeness (QED) is 0.730. The van der Waals surface area contributed by atoms with E-state index in [2.05, 4.69) is 0 Å². The highest BCUT2D eigenvalue weighted by atomic mass is 19.1. The Morgan fingerprint density at radius 3 is 2.44 bits per heavy atom. The first-order valence-electron chi connectivity index (χ1n) is 5.54. The van der Waals surface area contributed by atoms with E-state index in [1.54, 1.807) is 12.1 Å². The molecule has 0 radical (unpaired) electrons. The van der Waals surface area contributed by atoms with E-state index < -0.39 is 0 Å². The fraction of sp³-hybridized carbons (Fsp3) is 0.462. The van der Waals surface area contributed by atoms with Gasteiger partial charge in [0, 0.05) is 18.2 Å². The molecule has 0 heterocycles. The maximum Gasteiger partial charge on any atom is 0.159 e. The van der Waals surface area contributed by atoms with E-state index in [-0.39, 0.29) is 17.6 Å². The highest BCUT2D eigenvalue weighted by Gasteiger charge is 2.14. The molecule has 2 nitrogen and oxygen atoms in total. The van der Waals surface area contributed by atoms with Crippen molar-refractivity contribution in [3.63, 3.8) is 0 Å². The van der Waals surface area contributed by atoms with Crippen LogP contribution in [0.25, 0.3) is 0 Å². The summed E-state index contributed by atoms with van der Waals surface area (Å²) in [6, 6.07) is 4.90. The number of anilines is 1. The van der Waals surface area contributed by atoms with E-state index in [1.165, 1.54) is 13.0 Å². The fourth-order valence-electron chi connectivity index (χ4n) is 1.77. The third-order valence-corrected chi connectivity index (χ3v) is 2.63. The van der Waals surface area contributed by atoms with E-state index in [1.807, 2.05) is 25.7 Å². The third-order valence-electron chi connectivity index (χ3n) is 2.63. The molecule has 0 saturated heterocycles. The maximum atomic E-state index is 13.8. The van der Waals surface area contributed by atoms with Gasteiger partial charge in [0.05, 0.1) is 5.69 Å². The number of carbonyl (C=O) groups excluding carboxylic acids is 1. The summed E-state index contributed by atoms with van der Waals surface area (Å²) in [6.45, 7) is 8.20. The summed E-state index contributed by atoms with van der Waals surface area (Å²) in [5.41, 5.74) is 0.976. The second-order valence-corrected chi connectivity index (χ2v) is 4.10. The van der Waals surface area contributed by atoms with Crippen molar-refractivity contribution in [2.75, 3.05) is 11.4 Å². The number of nitrogens with zero attached hydrogens (tertiary/aromatic N) is 1. The molecular weight excluding hydrogens is 205 g/mol. The van der Waals surface area contributed by atoms with Gasteiger partial charge in [0.15, 0.2) is 5.78 Å². The van der Waals surface area contributed by atoms with Crippen LogP contribution in [0.15, 0.2) is 18.2 Å². The number of rotatable bonds is 4. The number of benzene rings is 1. The summed E-state index contributed by atoms with van der Waals surface area (Å²) in [5, 5.41) is 0. The molecule has 0 bridgehead atoms. The summed E-state index contributed by atoms with van der Waals surface area (Å²) in [5.74, 6) is -0.443. The van der Waals surface area contributed by atoms with Gasteiger partial charge in [-0.05, 0) is 45.9 Å². The lowest BCUT2D eigenvalue weighted by atomic mass is 10.1. The average molecular weight is 223 g/mol. The maximum absolute atomic E-state index is 13.8. The van der Waals surface area contributed by atoms with Crippen LogP contribution in [0.2, 0.25) is 0 Å². The molecule has 0 aliphatic heterocycles. The van der Waals surface area contributed by atoms with Crippen LogP contribution in [-0.4, -0.2) is 18.4 Å². The Bertz CT molecular complexity index is 388. The van der Waals surface area contributed by atoms with Crippen LogP contribution in [0.3, 0.4) is 0 Å². The molecule has 0 amide bonds. The Morgan fingerprint density at radius 2 is 2.06 bits per heavy atom. The Morgan fingerprint density at radius 1 is 1.44 bits per heavy atom. The lowest BCUT2D eigenvalue weighted by Gasteiger charge is -2.27. The molecule has 1 aromatic carbocycles. The number of Topliss-reactive ketones (excluding diaryl/α,β-unsaturated/α-hetero) is 1. The molecule has 1 rings (SSSR count). The lowest BCUT2D eigenvalue weighted by molar-refractivity contribution is 0.101. The molecule has 0 N–H and O–H groups in total. The monoisotopic (exact) mass is 223 g/mol. The van der Waals surface area contributed by atoms with Gasteiger partial charge in [0.25, 0.3) is 0 Å². The number of hydrogen-bond acceptors (Lipinski definition) is 2. The molecule has 1 aromatic rings. The summed E-state index contributed by atoms with van der Waals surface area (Å²) in [6.07, 6.45) is 0. The van der Waals surface area contributed by atoms with Crippen LogP contribution in [0.5, 0.6) is 0 Å².